The smallest absolute Gasteiger partial charge is 0.407 e. The lowest BCUT2D eigenvalue weighted by Crippen LogP contribution is -2.33. The minimum Gasteiger partial charge on any atom is -0.464 e. The van der Waals surface area contributed by atoms with E-state index in [1.165, 1.54) is 6.33 Å². The van der Waals surface area contributed by atoms with Crippen LogP contribution in [0.2, 0.25) is 0 Å². The number of amides is 1. The van der Waals surface area contributed by atoms with Crippen molar-refractivity contribution in [2.75, 3.05) is 25.0 Å². The number of carbonyl (C=O) groups excluding carboxylic acids is 2. The Kier molecular flexibility index (Phi) is 7.07. The minimum atomic E-state index is -0.558. The van der Waals surface area contributed by atoms with Gasteiger partial charge in [0.05, 0.1) is 13.0 Å². The average Bonchev–Trinajstić information content (AvgIpc) is 2.43. The van der Waals surface area contributed by atoms with Crippen molar-refractivity contribution in [2.45, 2.75) is 32.8 Å². The Balaban J connectivity index is 2.05. The van der Waals surface area contributed by atoms with Crippen LogP contribution in [0.1, 0.15) is 27.2 Å². The SMILES string of the molecule is CC(C)(C)OC(=O)NCCC(=O)OCCNc1ccncn1. The van der Waals surface area contributed by atoms with Gasteiger partial charge in [-0.1, -0.05) is 0 Å². The first-order valence-corrected chi connectivity index (χ1v) is 6.99. The van der Waals surface area contributed by atoms with E-state index in [1.807, 2.05) is 0 Å². The summed E-state index contributed by atoms with van der Waals surface area (Å²) in [5, 5.41) is 5.47. The topological polar surface area (TPSA) is 102 Å². The van der Waals surface area contributed by atoms with Crippen LogP contribution in [0, 0.1) is 0 Å². The number of nitrogens with one attached hydrogen (secondary N) is 2. The summed E-state index contributed by atoms with van der Waals surface area (Å²) in [6.07, 6.45) is 2.58. The molecule has 8 nitrogen and oxygen atoms in total. The summed E-state index contributed by atoms with van der Waals surface area (Å²) >= 11 is 0. The van der Waals surface area contributed by atoms with Gasteiger partial charge in [0.1, 0.15) is 24.4 Å². The molecule has 0 fully saturated rings. The van der Waals surface area contributed by atoms with Crippen LogP contribution in [0.15, 0.2) is 18.6 Å². The summed E-state index contributed by atoms with van der Waals surface area (Å²) in [5.74, 6) is 0.276. The van der Waals surface area contributed by atoms with E-state index in [4.69, 9.17) is 9.47 Å². The lowest BCUT2D eigenvalue weighted by molar-refractivity contribution is -0.143. The predicted molar refractivity (Wildman–Crippen MR) is 80.3 cm³/mol. The number of carbonyl (C=O) groups is 2. The molecule has 0 aliphatic carbocycles. The van der Waals surface area contributed by atoms with Crippen molar-refractivity contribution in [1.29, 1.82) is 0 Å². The lowest BCUT2D eigenvalue weighted by Gasteiger charge is -2.19. The third-order valence-electron chi connectivity index (χ3n) is 2.25. The fourth-order valence-corrected chi connectivity index (χ4v) is 1.39. The predicted octanol–water partition coefficient (Wildman–Crippen LogP) is 1.35. The lowest BCUT2D eigenvalue weighted by atomic mass is 10.2. The van der Waals surface area contributed by atoms with Crippen LogP contribution in [0.4, 0.5) is 10.6 Å². The maximum Gasteiger partial charge on any atom is 0.407 e. The second-order valence-corrected chi connectivity index (χ2v) is 5.42. The normalized spacial score (nSPS) is 10.7. The summed E-state index contributed by atoms with van der Waals surface area (Å²) in [6.45, 7) is 6.15. The molecule has 1 aromatic rings. The van der Waals surface area contributed by atoms with Crippen LogP contribution >= 0.6 is 0 Å². The molecule has 0 atom stereocenters. The largest absolute Gasteiger partial charge is 0.464 e. The van der Waals surface area contributed by atoms with E-state index in [2.05, 4.69) is 20.6 Å². The summed E-state index contributed by atoms with van der Waals surface area (Å²) in [7, 11) is 0. The molecular weight excluding hydrogens is 288 g/mol. The van der Waals surface area contributed by atoms with Gasteiger partial charge in [-0.15, -0.1) is 0 Å². The van der Waals surface area contributed by atoms with Gasteiger partial charge in [-0.2, -0.15) is 0 Å². The van der Waals surface area contributed by atoms with Crippen LogP contribution in [-0.2, 0) is 14.3 Å². The van der Waals surface area contributed by atoms with Gasteiger partial charge >= 0.3 is 12.1 Å². The summed E-state index contributed by atoms with van der Waals surface area (Å²) in [5.41, 5.74) is -0.558. The maximum atomic E-state index is 11.5. The molecule has 1 rings (SSSR count). The maximum absolute atomic E-state index is 11.5. The zero-order chi connectivity index (χ0) is 16.4. The van der Waals surface area contributed by atoms with Crippen LogP contribution in [-0.4, -0.2) is 47.3 Å². The first-order chi connectivity index (χ1) is 10.4. The molecule has 0 saturated heterocycles. The van der Waals surface area contributed by atoms with E-state index in [0.29, 0.717) is 12.4 Å². The first-order valence-electron chi connectivity index (χ1n) is 6.99. The molecule has 1 aromatic heterocycles. The molecular formula is C14H22N4O4. The highest BCUT2D eigenvalue weighted by Crippen LogP contribution is 2.06. The molecule has 0 spiro atoms. The van der Waals surface area contributed by atoms with E-state index in [-0.39, 0.29) is 25.5 Å². The van der Waals surface area contributed by atoms with Crippen LogP contribution in [0.25, 0.3) is 0 Å². The van der Waals surface area contributed by atoms with Gasteiger partial charge in [0.15, 0.2) is 0 Å². The molecule has 2 N–H and O–H groups in total. The number of rotatable bonds is 7. The zero-order valence-corrected chi connectivity index (χ0v) is 13.1. The summed E-state index contributed by atoms with van der Waals surface area (Å²) in [6, 6.07) is 1.71. The molecule has 0 aliphatic rings. The van der Waals surface area contributed by atoms with Crippen molar-refractivity contribution in [3.8, 4) is 0 Å². The molecule has 0 bridgehead atoms. The van der Waals surface area contributed by atoms with Gasteiger partial charge in [-0.3, -0.25) is 4.79 Å². The Labute approximate surface area is 129 Å². The highest BCUT2D eigenvalue weighted by molar-refractivity contribution is 5.72. The molecule has 0 aromatic carbocycles. The Bertz CT molecular complexity index is 473. The molecule has 0 saturated carbocycles. The number of ether oxygens (including phenoxy) is 2. The van der Waals surface area contributed by atoms with Crippen LogP contribution < -0.4 is 10.6 Å². The average molecular weight is 310 g/mol. The van der Waals surface area contributed by atoms with Gasteiger partial charge < -0.3 is 20.1 Å². The first kappa shape index (κ1) is 17.7. The van der Waals surface area contributed by atoms with Crippen molar-refractivity contribution >= 4 is 17.9 Å². The third kappa shape index (κ3) is 8.72. The van der Waals surface area contributed by atoms with Crippen molar-refractivity contribution in [2.24, 2.45) is 0 Å². The van der Waals surface area contributed by atoms with Crippen molar-refractivity contribution in [3.63, 3.8) is 0 Å². The van der Waals surface area contributed by atoms with Gasteiger partial charge in [-0.05, 0) is 26.8 Å². The Morgan fingerprint density at radius 1 is 1.27 bits per heavy atom. The monoisotopic (exact) mass is 310 g/mol. The quantitative estimate of drug-likeness (QED) is 0.579. The number of alkyl carbamates (subject to hydrolysis) is 1. The molecule has 1 amide bonds. The van der Waals surface area contributed by atoms with Crippen molar-refractivity contribution in [3.05, 3.63) is 18.6 Å². The van der Waals surface area contributed by atoms with E-state index >= 15 is 0 Å². The zero-order valence-electron chi connectivity index (χ0n) is 13.1. The fraction of sp³-hybridized carbons (Fsp3) is 0.571. The molecule has 22 heavy (non-hydrogen) atoms. The number of anilines is 1. The molecule has 122 valence electrons. The number of hydrogen-bond acceptors (Lipinski definition) is 7. The molecule has 0 unspecified atom stereocenters. The number of aromatic nitrogens is 2. The Morgan fingerprint density at radius 2 is 2.05 bits per heavy atom. The fourth-order valence-electron chi connectivity index (χ4n) is 1.39. The van der Waals surface area contributed by atoms with Crippen LogP contribution in [0.3, 0.4) is 0 Å². The van der Waals surface area contributed by atoms with E-state index in [1.54, 1.807) is 33.0 Å². The molecule has 1 heterocycles. The Hall–Kier alpha value is -2.38. The molecule has 0 aliphatic heterocycles. The third-order valence-corrected chi connectivity index (χ3v) is 2.25. The van der Waals surface area contributed by atoms with Gasteiger partial charge in [0, 0.05) is 12.7 Å². The number of esters is 1. The number of nitrogens with zero attached hydrogens (tertiary/aromatic N) is 2. The molecule has 0 radical (unpaired) electrons. The van der Waals surface area contributed by atoms with Crippen molar-refractivity contribution < 1.29 is 19.1 Å². The second kappa shape index (κ2) is 8.81. The Morgan fingerprint density at radius 3 is 2.68 bits per heavy atom. The molecule has 8 heteroatoms. The van der Waals surface area contributed by atoms with Crippen molar-refractivity contribution in [1.82, 2.24) is 15.3 Å². The summed E-state index contributed by atoms with van der Waals surface area (Å²) < 4.78 is 10.1. The highest BCUT2D eigenvalue weighted by Gasteiger charge is 2.15. The highest BCUT2D eigenvalue weighted by atomic mass is 16.6. The number of hydrogen-bond donors (Lipinski definition) is 2. The van der Waals surface area contributed by atoms with Gasteiger partial charge in [0.2, 0.25) is 0 Å². The van der Waals surface area contributed by atoms with Gasteiger partial charge in [-0.25, -0.2) is 14.8 Å². The van der Waals surface area contributed by atoms with E-state index in [9.17, 15) is 9.59 Å². The second-order valence-electron chi connectivity index (χ2n) is 5.42. The van der Waals surface area contributed by atoms with Crippen LogP contribution in [0.5, 0.6) is 0 Å². The summed E-state index contributed by atoms with van der Waals surface area (Å²) in [4.78, 5) is 30.6. The standard InChI is InChI=1S/C14H22N4O4/c1-14(2,3)22-13(20)17-7-5-12(19)21-9-8-16-11-4-6-15-10-18-11/h4,6,10H,5,7-9H2,1-3H3,(H,17,20)(H,15,16,18). The van der Waals surface area contributed by atoms with E-state index < -0.39 is 11.7 Å². The van der Waals surface area contributed by atoms with E-state index in [0.717, 1.165) is 0 Å². The van der Waals surface area contributed by atoms with Gasteiger partial charge in [0.25, 0.3) is 0 Å². The minimum absolute atomic E-state index is 0.0900.